The summed E-state index contributed by atoms with van der Waals surface area (Å²) in [7, 11) is 0. The van der Waals surface area contributed by atoms with Crippen molar-refractivity contribution in [3.8, 4) is 0 Å². The Morgan fingerprint density at radius 1 is 1.00 bits per heavy atom. The number of pyridine rings is 1. The minimum absolute atomic E-state index is 0.0915. The van der Waals surface area contributed by atoms with Crippen molar-refractivity contribution in [3.05, 3.63) is 83.6 Å². The molecule has 2 heterocycles. The van der Waals surface area contributed by atoms with Gasteiger partial charge >= 0.3 is 0 Å². The molecule has 0 fully saturated rings. The van der Waals surface area contributed by atoms with E-state index in [4.69, 9.17) is 0 Å². The Morgan fingerprint density at radius 2 is 1.88 bits per heavy atom. The molecule has 6 nitrogen and oxygen atoms in total. The molecule has 0 unspecified atom stereocenters. The first kappa shape index (κ1) is 16.5. The number of hydrogen-bond donors (Lipinski definition) is 2. The first-order valence-corrected chi connectivity index (χ1v) is 7.70. The Labute approximate surface area is 144 Å². The second kappa shape index (κ2) is 7.96. The normalized spacial score (nSPS) is 10.3. The molecule has 0 saturated heterocycles. The van der Waals surface area contributed by atoms with Crippen LogP contribution in [0.5, 0.6) is 0 Å². The number of carbonyl (C=O) groups is 1. The van der Waals surface area contributed by atoms with Crippen molar-refractivity contribution < 1.29 is 9.18 Å². The van der Waals surface area contributed by atoms with Gasteiger partial charge in [0.1, 0.15) is 11.6 Å². The first-order valence-electron chi connectivity index (χ1n) is 7.70. The van der Waals surface area contributed by atoms with Crippen LogP contribution in [0.3, 0.4) is 0 Å². The molecule has 0 radical (unpaired) electrons. The zero-order valence-corrected chi connectivity index (χ0v) is 13.3. The summed E-state index contributed by atoms with van der Waals surface area (Å²) in [5, 5.41) is 13.6. The minimum Gasteiger partial charge on any atom is -0.364 e. The summed E-state index contributed by atoms with van der Waals surface area (Å²) in [5.74, 6) is -0.215. The number of anilines is 1. The van der Waals surface area contributed by atoms with Crippen molar-refractivity contribution in [1.82, 2.24) is 20.5 Å². The summed E-state index contributed by atoms with van der Waals surface area (Å²) in [6, 6.07) is 13.3. The summed E-state index contributed by atoms with van der Waals surface area (Å²) in [5.41, 5.74) is 1.60. The number of benzene rings is 1. The molecule has 3 aromatic rings. The molecule has 7 heteroatoms. The molecule has 0 saturated carbocycles. The van der Waals surface area contributed by atoms with Crippen LogP contribution in [0.2, 0.25) is 0 Å². The van der Waals surface area contributed by atoms with Gasteiger partial charge in [0.25, 0.3) is 5.91 Å². The molecule has 3 rings (SSSR count). The van der Waals surface area contributed by atoms with Crippen LogP contribution in [0.15, 0.2) is 60.9 Å². The van der Waals surface area contributed by atoms with Gasteiger partial charge < -0.3 is 10.6 Å². The Bertz CT molecular complexity index is 840. The fraction of sp³-hybridized carbons (Fsp3) is 0.111. The smallest absolute Gasteiger partial charge is 0.272 e. The Kier molecular flexibility index (Phi) is 5.26. The zero-order chi connectivity index (χ0) is 17.5. The molecule has 0 aliphatic heterocycles. The van der Waals surface area contributed by atoms with Gasteiger partial charge in [0.15, 0.2) is 5.69 Å². The number of aromatic nitrogens is 3. The Morgan fingerprint density at radius 3 is 2.60 bits per heavy atom. The standard InChI is InChI=1S/C18H16FN5O/c19-15-6-2-1-5-14(15)12-22-18(25)16-7-8-17(24-23-16)21-11-13-4-3-9-20-10-13/h1-10H,11-12H2,(H,21,24)(H,22,25). The number of halogens is 1. The summed E-state index contributed by atoms with van der Waals surface area (Å²) in [6.07, 6.45) is 3.46. The lowest BCUT2D eigenvalue weighted by atomic mass is 10.2. The summed E-state index contributed by atoms with van der Waals surface area (Å²) in [6.45, 7) is 0.648. The van der Waals surface area contributed by atoms with Gasteiger partial charge in [0, 0.05) is 31.0 Å². The number of rotatable bonds is 6. The number of nitrogens with zero attached hydrogens (tertiary/aromatic N) is 3. The highest BCUT2D eigenvalue weighted by Crippen LogP contribution is 2.07. The van der Waals surface area contributed by atoms with Gasteiger partial charge in [0.05, 0.1) is 0 Å². The van der Waals surface area contributed by atoms with Gasteiger partial charge in [-0.25, -0.2) is 4.39 Å². The van der Waals surface area contributed by atoms with E-state index in [-0.39, 0.29) is 18.1 Å². The molecule has 126 valence electrons. The second-order valence-electron chi connectivity index (χ2n) is 5.29. The van der Waals surface area contributed by atoms with E-state index >= 15 is 0 Å². The van der Waals surface area contributed by atoms with Gasteiger partial charge in [0.2, 0.25) is 0 Å². The number of amides is 1. The van der Waals surface area contributed by atoms with E-state index in [9.17, 15) is 9.18 Å². The van der Waals surface area contributed by atoms with Crippen LogP contribution in [0.1, 0.15) is 21.6 Å². The number of carbonyl (C=O) groups excluding carboxylic acids is 1. The monoisotopic (exact) mass is 337 g/mol. The molecule has 0 spiro atoms. The predicted octanol–water partition coefficient (Wildman–Crippen LogP) is 2.55. The lowest BCUT2D eigenvalue weighted by molar-refractivity contribution is 0.0944. The minimum atomic E-state index is -0.408. The van der Waals surface area contributed by atoms with Crippen molar-refractivity contribution in [2.75, 3.05) is 5.32 Å². The average molecular weight is 337 g/mol. The zero-order valence-electron chi connectivity index (χ0n) is 13.3. The quantitative estimate of drug-likeness (QED) is 0.723. The van der Waals surface area contributed by atoms with Crippen molar-refractivity contribution in [3.63, 3.8) is 0 Å². The molecule has 25 heavy (non-hydrogen) atoms. The highest BCUT2D eigenvalue weighted by Gasteiger charge is 2.09. The first-order chi connectivity index (χ1) is 12.2. The van der Waals surface area contributed by atoms with Gasteiger partial charge in [-0.3, -0.25) is 9.78 Å². The van der Waals surface area contributed by atoms with Gasteiger partial charge in [-0.1, -0.05) is 24.3 Å². The van der Waals surface area contributed by atoms with Gasteiger partial charge in [-0.15, -0.1) is 10.2 Å². The third-order valence-corrected chi connectivity index (χ3v) is 3.49. The molecule has 0 aliphatic rings. The van der Waals surface area contributed by atoms with Crippen molar-refractivity contribution >= 4 is 11.7 Å². The van der Waals surface area contributed by atoms with E-state index in [1.807, 2.05) is 12.1 Å². The Hall–Kier alpha value is -3.35. The summed E-state index contributed by atoms with van der Waals surface area (Å²) < 4.78 is 13.5. The van der Waals surface area contributed by atoms with Crippen molar-refractivity contribution in [2.24, 2.45) is 0 Å². The Balaban J connectivity index is 1.54. The van der Waals surface area contributed by atoms with E-state index in [0.29, 0.717) is 17.9 Å². The van der Waals surface area contributed by atoms with E-state index in [0.717, 1.165) is 5.56 Å². The SMILES string of the molecule is O=C(NCc1ccccc1F)c1ccc(NCc2cccnc2)nn1. The van der Waals surface area contributed by atoms with Crippen LogP contribution < -0.4 is 10.6 Å². The largest absolute Gasteiger partial charge is 0.364 e. The topological polar surface area (TPSA) is 79.8 Å². The molecular weight excluding hydrogens is 321 g/mol. The number of hydrogen-bond acceptors (Lipinski definition) is 5. The lowest BCUT2D eigenvalue weighted by Gasteiger charge is -2.07. The van der Waals surface area contributed by atoms with Crippen LogP contribution in [0.25, 0.3) is 0 Å². The van der Waals surface area contributed by atoms with Gasteiger partial charge in [-0.05, 0) is 29.8 Å². The summed E-state index contributed by atoms with van der Waals surface area (Å²) in [4.78, 5) is 16.1. The molecule has 1 amide bonds. The molecular formula is C18H16FN5O. The molecule has 2 N–H and O–H groups in total. The third-order valence-electron chi connectivity index (χ3n) is 3.49. The molecule has 0 bridgehead atoms. The highest BCUT2D eigenvalue weighted by molar-refractivity contribution is 5.92. The van der Waals surface area contributed by atoms with Gasteiger partial charge in [-0.2, -0.15) is 0 Å². The lowest BCUT2D eigenvalue weighted by Crippen LogP contribution is -2.24. The van der Waals surface area contributed by atoms with E-state index < -0.39 is 5.91 Å². The van der Waals surface area contributed by atoms with Crippen LogP contribution >= 0.6 is 0 Å². The molecule has 0 atom stereocenters. The maximum Gasteiger partial charge on any atom is 0.272 e. The van der Waals surface area contributed by atoms with Crippen LogP contribution in [0, 0.1) is 5.82 Å². The van der Waals surface area contributed by atoms with E-state index in [1.54, 1.807) is 42.7 Å². The second-order valence-corrected chi connectivity index (χ2v) is 5.29. The van der Waals surface area contributed by atoms with Crippen LogP contribution in [-0.4, -0.2) is 21.1 Å². The predicted molar refractivity (Wildman–Crippen MR) is 91.2 cm³/mol. The molecule has 0 aliphatic carbocycles. The van der Waals surface area contributed by atoms with E-state index in [1.165, 1.54) is 6.07 Å². The van der Waals surface area contributed by atoms with Crippen LogP contribution in [0.4, 0.5) is 10.2 Å². The van der Waals surface area contributed by atoms with Crippen LogP contribution in [-0.2, 0) is 13.1 Å². The van der Waals surface area contributed by atoms with Crippen molar-refractivity contribution in [1.29, 1.82) is 0 Å². The molecule has 1 aromatic carbocycles. The van der Waals surface area contributed by atoms with E-state index in [2.05, 4.69) is 25.8 Å². The number of nitrogens with one attached hydrogen (secondary N) is 2. The fourth-order valence-corrected chi connectivity index (χ4v) is 2.15. The highest BCUT2D eigenvalue weighted by atomic mass is 19.1. The van der Waals surface area contributed by atoms with Crippen molar-refractivity contribution in [2.45, 2.75) is 13.1 Å². The fourth-order valence-electron chi connectivity index (χ4n) is 2.15. The maximum atomic E-state index is 13.5. The third kappa shape index (κ3) is 4.57. The summed E-state index contributed by atoms with van der Waals surface area (Å²) >= 11 is 0. The maximum absolute atomic E-state index is 13.5. The average Bonchev–Trinajstić information content (AvgIpc) is 2.67. The molecule has 2 aromatic heterocycles.